The van der Waals surface area contributed by atoms with Crippen molar-refractivity contribution in [2.75, 3.05) is 26.2 Å². The predicted molar refractivity (Wildman–Crippen MR) is 82.0 cm³/mol. The van der Waals surface area contributed by atoms with Crippen LogP contribution in [0.1, 0.15) is 31.4 Å². The lowest BCUT2D eigenvalue weighted by Gasteiger charge is -2.37. The summed E-state index contributed by atoms with van der Waals surface area (Å²) in [5.74, 6) is 0.881. The summed E-state index contributed by atoms with van der Waals surface area (Å²) in [4.78, 5) is 0. The molecule has 1 saturated heterocycles. The number of halogens is 3. The second-order valence-electron chi connectivity index (χ2n) is 7.03. The molecule has 0 aromatic heterocycles. The van der Waals surface area contributed by atoms with E-state index in [-0.39, 0.29) is 0 Å². The molecule has 22 heavy (non-hydrogen) atoms. The lowest BCUT2D eigenvalue weighted by Crippen LogP contribution is -2.48. The van der Waals surface area contributed by atoms with Crippen LogP contribution in [0.2, 0.25) is 0 Å². The van der Waals surface area contributed by atoms with Crippen LogP contribution in [0, 0.1) is 11.8 Å². The molecule has 0 radical (unpaired) electrons. The standard InChI is InChI=1S/C17H26F3N2/c1-13(2)10-22(8-7-14(9-21)11-22)12-15-5-3-4-6-16(15)17(18,19)20/h3-6,13-14H,7-12,21H2,1-2H3/q+1/t14-,22?/m1/s1. The number of hydrogen-bond donors (Lipinski definition) is 1. The molecule has 2 atom stereocenters. The zero-order valence-corrected chi connectivity index (χ0v) is 13.4. The Hall–Kier alpha value is -1.07. The minimum absolute atomic E-state index is 0.410. The van der Waals surface area contributed by atoms with Gasteiger partial charge in [0.1, 0.15) is 6.54 Å². The first kappa shape index (κ1) is 17.3. The van der Waals surface area contributed by atoms with Crippen LogP contribution in [0.4, 0.5) is 13.2 Å². The minimum atomic E-state index is -4.29. The Bertz CT molecular complexity index is 499. The summed E-state index contributed by atoms with van der Waals surface area (Å²) < 4.78 is 40.4. The number of likely N-dealkylation sites (tertiary alicyclic amines) is 1. The highest BCUT2D eigenvalue weighted by Gasteiger charge is 2.41. The summed E-state index contributed by atoms with van der Waals surface area (Å²) in [7, 11) is 0. The SMILES string of the molecule is CC(C)C[N+]1(Cc2ccccc2C(F)(F)F)CC[C@H](CN)C1. The molecule has 1 aliphatic heterocycles. The molecule has 0 spiro atoms. The first-order valence-electron chi connectivity index (χ1n) is 7.96. The first-order chi connectivity index (χ1) is 10.3. The molecule has 1 aliphatic rings. The lowest BCUT2D eigenvalue weighted by molar-refractivity contribution is -0.933. The third kappa shape index (κ3) is 4.02. The van der Waals surface area contributed by atoms with Gasteiger partial charge < -0.3 is 10.2 Å². The van der Waals surface area contributed by atoms with E-state index in [1.807, 2.05) is 0 Å². The van der Waals surface area contributed by atoms with Gasteiger partial charge in [-0.1, -0.05) is 32.0 Å². The second kappa shape index (κ2) is 6.59. The maximum absolute atomic E-state index is 13.2. The number of hydrogen-bond acceptors (Lipinski definition) is 1. The summed E-state index contributed by atoms with van der Waals surface area (Å²) in [6, 6.07) is 5.98. The Morgan fingerprint density at radius 2 is 1.95 bits per heavy atom. The van der Waals surface area contributed by atoms with Gasteiger partial charge in [0.15, 0.2) is 0 Å². The summed E-state index contributed by atoms with van der Waals surface area (Å²) in [5, 5.41) is 0. The molecule has 1 aromatic rings. The third-order valence-corrected chi connectivity index (χ3v) is 4.57. The van der Waals surface area contributed by atoms with Gasteiger partial charge >= 0.3 is 6.18 Å². The van der Waals surface area contributed by atoms with Crippen LogP contribution in [0.3, 0.4) is 0 Å². The summed E-state index contributed by atoms with van der Waals surface area (Å²) >= 11 is 0. The number of benzene rings is 1. The zero-order valence-electron chi connectivity index (χ0n) is 13.4. The fourth-order valence-corrected chi connectivity index (χ4v) is 3.82. The number of alkyl halides is 3. The van der Waals surface area contributed by atoms with Gasteiger partial charge in [-0.3, -0.25) is 0 Å². The topological polar surface area (TPSA) is 26.0 Å². The molecule has 1 fully saturated rings. The smallest absolute Gasteiger partial charge is 0.330 e. The van der Waals surface area contributed by atoms with Crippen LogP contribution in [0.25, 0.3) is 0 Å². The van der Waals surface area contributed by atoms with Gasteiger partial charge in [0.05, 0.1) is 25.2 Å². The molecule has 0 bridgehead atoms. The molecule has 1 unspecified atom stereocenters. The van der Waals surface area contributed by atoms with E-state index in [0.29, 0.717) is 30.5 Å². The van der Waals surface area contributed by atoms with Crippen LogP contribution >= 0.6 is 0 Å². The first-order valence-corrected chi connectivity index (χ1v) is 7.96. The van der Waals surface area contributed by atoms with Gasteiger partial charge in [0.25, 0.3) is 0 Å². The molecule has 2 rings (SSSR count). The van der Waals surface area contributed by atoms with Gasteiger partial charge in [-0.05, 0) is 6.07 Å². The molecule has 2 nitrogen and oxygen atoms in total. The fraction of sp³-hybridized carbons (Fsp3) is 0.647. The van der Waals surface area contributed by atoms with Crippen molar-refractivity contribution in [1.82, 2.24) is 0 Å². The normalized spacial score (nSPS) is 25.9. The van der Waals surface area contributed by atoms with Crippen molar-refractivity contribution >= 4 is 0 Å². The Morgan fingerprint density at radius 1 is 1.27 bits per heavy atom. The van der Waals surface area contributed by atoms with E-state index in [0.717, 1.165) is 30.5 Å². The highest BCUT2D eigenvalue weighted by atomic mass is 19.4. The van der Waals surface area contributed by atoms with Crippen molar-refractivity contribution in [2.45, 2.75) is 33.0 Å². The van der Waals surface area contributed by atoms with E-state index < -0.39 is 11.7 Å². The van der Waals surface area contributed by atoms with E-state index in [2.05, 4.69) is 13.8 Å². The maximum atomic E-state index is 13.2. The average Bonchev–Trinajstić information content (AvgIpc) is 2.80. The molecule has 0 saturated carbocycles. The summed E-state index contributed by atoms with van der Waals surface area (Å²) in [6.45, 7) is 8.05. The van der Waals surface area contributed by atoms with Gasteiger partial charge in [0, 0.05) is 30.4 Å². The third-order valence-electron chi connectivity index (χ3n) is 4.57. The van der Waals surface area contributed by atoms with Crippen LogP contribution in [0.5, 0.6) is 0 Å². The monoisotopic (exact) mass is 315 g/mol. The van der Waals surface area contributed by atoms with Crippen molar-refractivity contribution in [3.8, 4) is 0 Å². The molecule has 2 N–H and O–H groups in total. The molecular formula is C17H26F3N2+. The van der Waals surface area contributed by atoms with Crippen molar-refractivity contribution in [3.63, 3.8) is 0 Å². The average molecular weight is 315 g/mol. The lowest BCUT2D eigenvalue weighted by atomic mass is 10.0. The number of nitrogens with two attached hydrogens (primary N) is 1. The minimum Gasteiger partial charge on any atom is -0.330 e. The number of rotatable bonds is 5. The van der Waals surface area contributed by atoms with Crippen molar-refractivity contribution in [1.29, 1.82) is 0 Å². The summed E-state index contributed by atoms with van der Waals surface area (Å²) in [6.07, 6.45) is -3.27. The highest BCUT2D eigenvalue weighted by Crippen LogP contribution is 2.35. The molecular weight excluding hydrogens is 289 g/mol. The van der Waals surface area contributed by atoms with Crippen molar-refractivity contribution in [3.05, 3.63) is 35.4 Å². The van der Waals surface area contributed by atoms with Crippen LogP contribution in [-0.2, 0) is 12.7 Å². The van der Waals surface area contributed by atoms with E-state index in [9.17, 15) is 13.2 Å². The number of quaternary nitrogens is 1. The molecule has 1 heterocycles. The highest BCUT2D eigenvalue weighted by molar-refractivity contribution is 5.29. The van der Waals surface area contributed by atoms with Crippen molar-refractivity contribution in [2.24, 2.45) is 17.6 Å². The molecule has 1 aromatic carbocycles. The Morgan fingerprint density at radius 3 is 2.50 bits per heavy atom. The zero-order chi connectivity index (χ0) is 16.4. The number of nitrogens with zero attached hydrogens (tertiary/aromatic N) is 1. The van der Waals surface area contributed by atoms with Crippen LogP contribution < -0.4 is 5.73 Å². The Balaban J connectivity index is 2.29. The quantitative estimate of drug-likeness (QED) is 0.825. The van der Waals surface area contributed by atoms with E-state index in [1.165, 1.54) is 12.1 Å². The van der Waals surface area contributed by atoms with E-state index in [1.54, 1.807) is 12.1 Å². The van der Waals surface area contributed by atoms with Crippen LogP contribution in [0.15, 0.2) is 24.3 Å². The molecule has 5 heteroatoms. The molecule has 0 aliphatic carbocycles. The fourth-order valence-electron chi connectivity index (χ4n) is 3.82. The Labute approximate surface area is 130 Å². The predicted octanol–water partition coefficient (Wildman–Crippen LogP) is 3.66. The largest absolute Gasteiger partial charge is 0.416 e. The Kier molecular flexibility index (Phi) is 5.17. The van der Waals surface area contributed by atoms with Gasteiger partial charge in [-0.25, -0.2) is 0 Å². The van der Waals surface area contributed by atoms with Crippen LogP contribution in [-0.4, -0.2) is 30.7 Å². The summed E-state index contributed by atoms with van der Waals surface area (Å²) in [5.41, 5.74) is 5.71. The maximum Gasteiger partial charge on any atom is 0.416 e. The van der Waals surface area contributed by atoms with Gasteiger partial charge in [-0.2, -0.15) is 13.2 Å². The second-order valence-corrected chi connectivity index (χ2v) is 7.03. The molecule has 124 valence electrons. The van der Waals surface area contributed by atoms with Gasteiger partial charge in [-0.15, -0.1) is 0 Å². The van der Waals surface area contributed by atoms with E-state index in [4.69, 9.17) is 5.73 Å². The van der Waals surface area contributed by atoms with Crippen molar-refractivity contribution < 1.29 is 17.7 Å². The molecule has 0 amide bonds. The van der Waals surface area contributed by atoms with E-state index >= 15 is 0 Å². The van der Waals surface area contributed by atoms with Gasteiger partial charge in [0.2, 0.25) is 0 Å².